The molecule has 0 aromatic carbocycles. The number of hydrogen-bond donors (Lipinski definition) is 2. The van der Waals surface area contributed by atoms with Crippen LogP contribution in [0, 0.1) is 6.92 Å². The van der Waals surface area contributed by atoms with Gasteiger partial charge < -0.3 is 10.6 Å². The van der Waals surface area contributed by atoms with E-state index >= 15 is 0 Å². The summed E-state index contributed by atoms with van der Waals surface area (Å²) in [5.41, 5.74) is 2.18. The molecule has 0 radical (unpaired) electrons. The molecule has 2 heterocycles. The van der Waals surface area contributed by atoms with Gasteiger partial charge in [-0.1, -0.05) is 0 Å². The third kappa shape index (κ3) is 4.40. The minimum atomic E-state index is 0. The molecule has 114 valence electrons. The molecule has 2 unspecified atom stereocenters. The summed E-state index contributed by atoms with van der Waals surface area (Å²) >= 11 is 1.91. The number of rotatable bonds is 4. The first-order valence-corrected chi connectivity index (χ1v) is 7.82. The van der Waals surface area contributed by atoms with Crippen LogP contribution in [0.15, 0.2) is 6.20 Å². The summed E-state index contributed by atoms with van der Waals surface area (Å²) in [6.07, 6.45) is 2.38. The third-order valence-electron chi connectivity index (χ3n) is 3.55. The zero-order valence-electron chi connectivity index (χ0n) is 12.2. The van der Waals surface area contributed by atoms with Gasteiger partial charge in [0.2, 0.25) is 5.91 Å². The maximum absolute atomic E-state index is 12.0. The fraction of sp³-hybridized carbons (Fsp3) is 0.692. The minimum Gasteiger partial charge on any atom is -0.349 e. The molecule has 1 aromatic rings. The standard InChI is InChI=1S/C13H22N4OS.ClH/c1-9(12-7-15-17(3)10(12)2)16-13(18)6-11-8-19-5-4-14-11;/h7,9,11,14H,4-6,8H2,1-3H3,(H,16,18);1H. The van der Waals surface area contributed by atoms with E-state index in [2.05, 4.69) is 15.7 Å². The van der Waals surface area contributed by atoms with Crippen LogP contribution in [0.3, 0.4) is 0 Å². The van der Waals surface area contributed by atoms with Gasteiger partial charge in [0.15, 0.2) is 0 Å². The van der Waals surface area contributed by atoms with E-state index in [1.54, 1.807) is 0 Å². The molecule has 0 bridgehead atoms. The molecular formula is C13H23ClN4OS. The lowest BCUT2D eigenvalue weighted by atomic mass is 10.1. The van der Waals surface area contributed by atoms with Gasteiger partial charge >= 0.3 is 0 Å². The fourth-order valence-electron chi connectivity index (χ4n) is 2.29. The lowest BCUT2D eigenvalue weighted by Gasteiger charge is -2.23. The number of hydrogen-bond acceptors (Lipinski definition) is 4. The van der Waals surface area contributed by atoms with Crippen molar-refractivity contribution in [1.82, 2.24) is 20.4 Å². The molecular weight excluding hydrogens is 296 g/mol. The Bertz CT molecular complexity index is 446. The van der Waals surface area contributed by atoms with Crippen molar-refractivity contribution in [3.8, 4) is 0 Å². The van der Waals surface area contributed by atoms with Crippen molar-refractivity contribution in [2.45, 2.75) is 32.4 Å². The maximum Gasteiger partial charge on any atom is 0.222 e. The molecule has 1 fully saturated rings. The molecule has 0 saturated carbocycles. The molecule has 1 amide bonds. The summed E-state index contributed by atoms with van der Waals surface area (Å²) in [5.74, 6) is 2.27. The van der Waals surface area contributed by atoms with E-state index in [-0.39, 0.29) is 24.4 Å². The topological polar surface area (TPSA) is 59.0 Å². The third-order valence-corrected chi connectivity index (χ3v) is 4.68. The van der Waals surface area contributed by atoms with Gasteiger partial charge in [-0.05, 0) is 13.8 Å². The van der Waals surface area contributed by atoms with E-state index in [4.69, 9.17) is 0 Å². The highest BCUT2D eigenvalue weighted by atomic mass is 35.5. The van der Waals surface area contributed by atoms with Crippen LogP contribution < -0.4 is 10.6 Å². The maximum atomic E-state index is 12.0. The van der Waals surface area contributed by atoms with E-state index in [9.17, 15) is 4.79 Å². The van der Waals surface area contributed by atoms with Crippen molar-refractivity contribution >= 4 is 30.1 Å². The monoisotopic (exact) mass is 318 g/mol. The molecule has 20 heavy (non-hydrogen) atoms. The van der Waals surface area contributed by atoms with Crippen LogP contribution >= 0.6 is 24.2 Å². The highest BCUT2D eigenvalue weighted by Crippen LogP contribution is 2.16. The zero-order valence-corrected chi connectivity index (χ0v) is 13.8. The first kappa shape index (κ1) is 17.3. The van der Waals surface area contributed by atoms with E-state index < -0.39 is 0 Å². The van der Waals surface area contributed by atoms with Crippen molar-refractivity contribution in [3.05, 3.63) is 17.5 Å². The van der Waals surface area contributed by atoms with Gasteiger partial charge in [0.05, 0.1) is 12.2 Å². The summed E-state index contributed by atoms with van der Waals surface area (Å²) in [6.45, 7) is 5.02. The lowest BCUT2D eigenvalue weighted by molar-refractivity contribution is -0.122. The average Bonchev–Trinajstić information content (AvgIpc) is 2.71. The first-order valence-electron chi connectivity index (χ1n) is 6.67. The SMILES string of the molecule is Cc1c(C(C)NC(=O)CC2CSCCN2)cnn1C.Cl. The van der Waals surface area contributed by atoms with Crippen LogP contribution in [0.5, 0.6) is 0 Å². The van der Waals surface area contributed by atoms with Gasteiger partial charge in [-0.2, -0.15) is 16.9 Å². The number of thioether (sulfide) groups is 1. The molecule has 1 aliphatic rings. The summed E-state index contributed by atoms with van der Waals surface area (Å²) in [5, 5.41) is 10.6. The summed E-state index contributed by atoms with van der Waals surface area (Å²) in [4.78, 5) is 12.0. The molecule has 2 N–H and O–H groups in total. The number of aromatic nitrogens is 2. The average molecular weight is 319 g/mol. The quantitative estimate of drug-likeness (QED) is 0.881. The Morgan fingerprint density at radius 3 is 3.00 bits per heavy atom. The number of nitrogens with one attached hydrogen (secondary N) is 2. The van der Waals surface area contributed by atoms with Crippen molar-refractivity contribution in [1.29, 1.82) is 0 Å². The Hall–Kier alpha value is -0.720. The van der Waals surface area contributed by atoms with Crippen molar-refractivity contribution in [2.24, 2.45) is 7.05 Å². The second-order valence-electron chi connectivity index (χ2n) is 5.03. The van der Waals surface area contributed by atoms with Gasteiger partial charge in [0, 0.05) is 48.8 Å². The van der Waals surface area contributed by atoms with Crippen LogP contribution in [0.25, 0.3) is 0 Å². The number of nitrogens with zero attached hydrogens (tertiary/aromatic N) is 2. The molecule has 1 aromatic heterocycles. The van der Waals surface area contributed by atoms with E-state index in [0.29, 0.717) is 12.5 Å². The van der Waals surface area contributed by atoms with E-state index in [1.165, 1.54) is 0 Å². The van der Waals surface area contributed by atoms with Crippen molar-refractivity contribution in [3.63, 3.8) is 0 Å². The molecule has 2 rings (SSSR count). The van der Waals surface area contributed by atoms with Crippen LogP contribution in [-0.2, 0) is 11.8 Å². The highest BCUT2D eigenvalue weighted by Gasteiger charge is 2.19. The van der Waals surface area contributed by atoms with Gasteiger partial charge in [-0.25, -0.2) is 0 Å². The fourth-order valence-corrected chi connectivity index (χ4v) is 3.24. The Balaban J connectivity index is 0.00000200. The molecule has 7 heteroatoms. The van der Waals surface area contributed by atoms with Crippen LogP contribution in [0.1, 0.15) is 30.6 Å². The Labute approximate surface area is 130 Å². The Kier molecular flexibility index (Phi) is 6.85. The van der Waals surface area contributed by atoms with Crippen molar-refractivity contribution < 1.29 is 4.79 Å². The van der Waals surface area contributed by atoms with Gasteiger partial charge in [-0.15, -0.1) is 12.4 Å². The smallest absolute Gasteiger partial charge is 0.222 e. The summed E-state index contributed by atoms with van der Waals surface area (Å²) in [7, 11) is 1.91. The van der Waals surface area contributed by atoms with Crippen LogP contribution in [0.2, 0.25) is 0 Å². The van der Waals surface area contributed by atoms with Gasteiger partial charge in [0.1, 0.15) is 0 Å². The minimum absolute atomic E-state index is 0. The van der Waals surface area contributed by atoms with E-state index in [1.807, 2.05) is 43.5 Å². The highest BCUT2D eigenvalue weighted by molar-refractivity contribution is 7.99. The molecule has 0 aliphatic carbocycles. The number of carbonyl (C=O) groups is 1. The molecule has 2 atom stereocenters. The lowest BCUT2D eigenvalue weighted by Crippen LogP contribution is -2.41. The predicted octanol–water partition coefficient (Wildman–Crippen LogP) is 1.42. The predicted molar refractivity (Wildman–Crippen MR) is 85.5 cm³/mol. The molecule has 1 aliphatic heterocycles. The number of amides is 1. The number of halogens is 1. The largest absolute Gasteiger partial charge is 0.349 e. The second-order valence-corrected chi connectivity index (χ2v) is 6.18. The Morgan fingerprint density at radius 1 is 1.70 bits per heavy atom. The number of aryl methyl sites for hydroxylation is 1. The number of carbonyl (C=O) groups excluding carboxylic acids is 1. The summed E-state index contributed by atoms with van der Waals surface area (Å²) < 4.78 is 1.83. The summed E-state index contributed by atoms with van der Waals surface area (Å²) in [6, 6.07) is 0.318. The molecule has 5 nitrogen and oxygen atoms in total. The Morgan fingerprint density at radius 2 is 2.45 bits per heavy atom. The van der Waals surface area contributed by atoms with Gasteiger partial charge in [0.25, 0.3) is 0 Å². The van der Waals surface area contributed by atoms with Crippen LogP contribution in [0.4, 0.5) is 0 Å². The molecule has 1 saturated heterocycles. The van der Waals surface area contributed by atoms with E-state index in [0.717, 1.165) is 29.3 Å². The van der Waals surface area contributed by atoms with Crippen molar-refractivity contribution in [2.75, 3.05) is 18.1 Å². The second kappa shape index (κ2) is 7.90. The zero-order chi connectivity index (χ0) is 13.8. The first-order chi connectivity index (χ1) is 9.08. The molecule has 0 spiro atoms. The van der Waals surface area contributed by atoms with Crippen LogP contribution in [-0.4, -0.2) is 39.8 Å². The normalized spacial score (nSPS) is 20.1. The van der Waals surface area contributed by atoms with Gasteiger partial charge in [-0.3, -0.25) is 9.48 Å².